The molecule has 3 aliphatic heterocycles. The van der Waals surface area contributed by atoms with E-state index in [0.717, 1.165) is 23.2 Å². The van der Waals surface area contributed by atoms with Crippen LogP contribution in [0.4, 0.5) is 5.69 Å². The Balaban J connectivity index is 1.76. The van der Waals surface area contributed by atoms with E-state index in [0.29, 0.717) is 45.3 Å². The summed E-state index contributed by atoms with van der Waals surface area (Å²) in [5.41, 5.74) is 1.70. The van der Waals surface area contributed by atoms with Crippen LogP contribution in [-0.2, 0) is 19.1 Å². The molecule has 0 aliphatic carbocycles. The van der Waals surface area contributed by atoms with Gasteiger partial charge in [-0.1, -0.05) is 30.4 Å². The second kappa shape index (κ2) is 11.4. The summed E-state index contributed by atoms with van der Waals surface area (Å²) in [4.78, 5) is 47.2. The standard InChI is InChI=1S/C30H41N3O5/c1-6-16-31(5)27(35)23-22-14-15-30(38-22)24(23)28(36)33(18-9-8-10-19-34)26(30)29(37)32(17-7-2)25-20(3)12-11-13-21(25)4/h6-7,11-13,22-24,26,34H,1-2,8-10,14-19H2,3-5H3/t22-,23+,24-,26?,30?/m0/s1. The summed E-state index contributed by atoms with van der Waals surface area (Å²) < 4.78 is 6.58. The quantitative estimate of drug-likeness (QED) is 0.336. The van der Waals surface area contributed by atoms with Gasteiger partial charge in [0.05, 0.1) is 17.9 Å². The number of benzene rings is 1. The number of nitrogens with zero attached hydrogens (tertiary/aromatic N) is 3. The van der Waals surface area contributed by atoms with Crippen molar-refractivity contribution < 1.29 is 24.2 Å². The van der Waals surface area contributed by atoms with Gasteiger partial charge in [-0.2, -0.15) is 0 Å². The Morgan fingerprint density at radius 1 is 1.13 bits per heavy atom. The molecule has 0 saturated carbocycles. The second-order valence-electron chi connectivity index (χ2n) is 10.9. The molecule has 3 fully saturated rings. The van der Waals surface area contributed by atoms with Gasteiger partial charge in [-0.3, -0.25) is 14.4 Å². The number of ether oxygens (including phenoxy) is 1. The molecule has 1 aromatic rings. The van der Waals surface area contributed by atoms with E-state index >= 15 is 0 Å². The van der Waals surface area contributed by atoms with Gasteiger partial charge < -0.3 is 24.5 Å². The molecule has 5 atom stereocenters. The largest absolute Gasteiger partial charge is 0.396 e. The third-order valence-electron chi connectivity index (χ3n) is 8.44. The third kappa shape index (κ3) is 4.58. The van der Waals surface area contributed by atoms with Crippen molar-refractivity contribution in [3.05, 3.63) is 54.6 Å². The summed E-state index contributed by atoms with van der Waals surface area (Å²) in [5.74, 6) is -1.84. The Hall–Kier alpha value is -2.97. The number of carbonyl (C=O) groups is 3. The van der Waals surface area contributed by atoms with Gasteiger partial charge in [-0.15, -0.1) is 13.2 Å². The van der Waals surface area contributed by atoms with Crippen molar-refractivity contribution >= 4 is 23.4 Å². The average molecular weight is 524 g/mol. The van der Waals surface area contributed by atoms with Crippen molar-refractivity contribution in [1.29, 1.82) is 0 Å². The van der Waals surface area contributed by atoms with Crippen LogP contribution in [0.2, 0.25) is 0 Å². The van der Waals surface area contributed by atoms with Gasteiger partial charge in [0.25, 0.3) is 5.91 Å². The van der Waals surface area contributed by atoms with E-state index in [9.17, 15) is 19.5 Å². The van der Waals surface area contributed by atoms with E-state index in [-0.39, 0.29) is 30.4 Å². The van der Waals surface area contributed by atoms with Crippen LogP contribution in [0, 0.1) is 25.7 Å². The number of likely N-dealkylation sites (N-methyl/N-ethyl adjacent to an activating group) is 1. The summed E-state index contributed by atoms with van der Waals surface area (Å²) in [6.45, 7) is 12.7. The molecule has 1 N–H and O–H groups in total. The summed E-state index contributed by atoms with van der Waals surface area (Å²) in [5, 5.41) is 9.25. The first-order chi connectivity index (χ1) is 18.2. The maximum Gasteiger partial charge on any atom is 0.253 e. The average Bonchev–Trinajstić information content (AvgIpc) is 3.53. The van der Waals surface area contributed by atoms with Crippen LogP contribution in [0.5, 0.6) is 0 Å². The molecule has 206 valence electrons. The van der Waals surface area contributed by atoms with Gasteiger partial charge in [-0.25, -0.2) is 0 Å². The SMILES string of the molecule is C=CCN(C)C(=O)[C@@H]1[C@@H]2CCC3(O2)C(C(=O)N(CC=C)c2c(C)cccc2C)N(CCCCCO)C(=O)[C@H]13. The van der Waals surface area contributed by atoms with Gasteiger partial charge in [0, 0.05) is 39.0 Å². The molecular formula is C30H41N3O5. The highest BCUT2D eigenvalue weighted by Crippen LogP contribution is 2.59. The number of aliphatic hydroxyl groups is 1. The Bertz CT molecular complexity index is 1080. The minimum atomic E-state index is -1.04. The van der Waals surface area contributed by atoms with Crippen LogP contribution in [-0.4, -0.2) is 83.7 Å². The number of amides is 3. The molecule has 0 radical (unpaired) electrons. The first-order valence-electron chi connectivity index (χ1n) is 13.7. The van der Waals surface area contributed by atoms with Gasteiger partial charge >= 0.3 is 0 Å². The Kier molecular flexibility index (Phi) is 8.43. The number of rotatable bonds is 12. The lowest BCUT2D eigenvalue weighted by Crippen LogP contribution is -2.57. The molecule has 3 amide bonds. The predicted octanol–water partition coefficient (Wildman–Crippen LogP) is 3.00. The van der Waals surface area contributed by atoms with Gasteiger partial charge in [-0.05, 0) is 57.1 Å². The fourth-order valence-corrected chi connectivity index (χ4v) is 6.86. The minimum absolute atomic E-state index is 0.0829. The molecule has 3 saturated heterocycles. The van der Waals surface area contributed by atoms with Crippen LogP contribution >= 0.6 is 0 Å². The highest BCUT2D eigenvalue weighted by atomic mass is 16.5. The van der Waals surface area contributed by atoms with Crippen LogP contribution in [0.3, 0.4) is 0 Å². The fraction of sp³-hybridized carbons (Fsp3) is 0.567. The normalized spacial score (nSPS) is 27.4. The number of aliphatic hydroxyl groups excluding tert-OH is 1. The Labute approximate surface area is 225 Å². The molecule has 2 unspecified atom stereocenters. The van der Waals surface area contributed by atoms with E-state index in [1.165, 1.54) is 0 Å². The van der Waals surface area contributed by atoms with E-state index in [1.807, 2.05) is 32.0 Å². The lowest BCUT2D eigenvalue weighted by molar-refractivity contribution is -0.144. The lowest BCUT2D eigenvalue weighted by Gasteiger charge is -2.37. The van der Waals surface area contributed by atoms with E-state index in [2.05, 4.69) is 13.2 Å². The molecule has 1 aromatic carbocycles. The number of carbonyl (C=O) groups excluding carboxylic acids is 3. The van der Waals surface area contributed by atoms with Gasteiger partial charge in [0.15, 0.2) is 0 Å². The molecule has 0 aromatic heterocycles. The van der Waals surface area contributed by atoms with Crippen LogP contribution < -0.4 is 4.90 Å². The smallest absolute Gasteiger partial charge is 0.253 e. The lowest BCUT2D eigenvalue weighted by atomic mass is 9.70. The summed E-state index contributed by atoms with van der Waals surface area (Å²) in [6, 6.07) is 5.08. The van der Waals surface area contributed by atoms with E-state index < -0.39 is 23.5 Å². The van der Waals surface area contributed by atoms with Crippen molar-refractivity contribution in [2.75, 3.05) is 38.2 Å². The first-order valence-corrected chi connectivity index (χ1v) is 13.7. The zero-order valence-electron chi connectivity index (χ0n) is 22.9. The number of fused-ring (bicyclic) bond motifs is 1. The van der Waals surface area contributed by atoms with Crippen molar-refractivity contribution in [3.8, 4) is 0 Å². The highest BCUT2D eigenvalue weighted by molar-refractivity contribution is 6.05. The zero-order chi connectivity index (χ0) is 27.6. The van der Waals surface area contributed by atoms with Crippen molar-refractivity contribution in [2.45, 2.75) is 63.7 Å². The molecule has 4 rings (SSSR count). The maximum atomic E-state index is 14.6. The number of likely N-dealkylation sites (tertiary alicyclic amines) is 1. The molecular weight excluding hydrogens is 482 g/mol. The highest BCUT2D eigenvalue weighted by Gasteiger charge is 2.74. The monoisotopic (exact) mass is 523 g/mol. The van der Waals surface area contributed by atoms with E-state index in [1.54, 1.807) is 33.9 Å². The second-order valence-corrected chi connectivity index (χ2v) is 10.9. The molecule has 2 bridgehead atoms. The molecule has 8 heteroatoms. The molecule has 38 heavy (non-hydrogen) atoms. The Morgan fingerprint density at radius 3 is 2.45 bits per heavy atom. The van der Waals surface area contributed by atoms with Crippen LogP contribution in [0.25, 0.3) is 0 Å². The fourth-order valence-electron chi connectivity index (χ4n) is 6.86. The predicted molar refractivity (Wildman–Crippen MR) is 147 cm³/mol. The molecule has 8 nitrogen and oxygen atoms in total. The molecule has 1 spiro atoms. The van der Waals surface area contributed by atoms with Crippen LogP contribution in [0.1, 0.15) is 43.2 Å². The number of unbranched alkanes of at least 4 members (excludes halogenated alkanes) is 2. The number of hydrogen-bond acceptors (Lipinski definition) is 5. The van der Waals surface area contributed by atoms with Crippen LogP contribution in [0.15, 0.2) is 43.5 Å². The number of aryl methyl sites for hydroxylation is 2. The maximum absolute atomic E-state index is 14.6. The molecule has 3 heterocycles. The van der Waals surface area contributed by atoms with E-state index in [4.69, 9.17) is 4.74 Å². The zero-order valence-corrected chi connectivity index (χ0v) is 22.9. The minimum Gasteiger partial charge on any atom is -0.396 e. The number of anilines is 1. The molecule has 3 aliphatic rings. The summed E-state index contributed by atoms with van der Waals surface area (Å²) >= 11 is 0. The van der Waals surface area contributed by atoms with Crippen molar-refractivity contribution in [2.24, 2.45) is 11.8 Å². The third-order valence-corrected chi connectivity index (χ3v) is 8.44. The van der Waals surface area contributed by atoms with Gasteiger partial charge in [0.2, 0.25) is 11.8 Å². The van der Waals surface area contributed by atoms with Crippen molar-refractivity contribution in [1.82, 2.24) is 9.80 Å². The van der Waals surface area contributed by atoms with Crippen molar-refractivity contribution in [3.63, 3.8) is 0 Å². The topological polar surface area (TPSA) is 90.4 Å². The van der Waals surface area contributed by atoms with Gasteiger partial charge in [0.1, 0.15) is 11.6 Å². The Morgan fingerprint density at radius 2 is 1.82 bits per heavy atom. The number of hydrogen-bond donors (Lipinski definition) is 1. The number of para-hydroxylation sites is 1. The first kappa shape index (κ1) is 28.0. The summed E-state index contributed by atoms with van der Waals surface area (Å²) in [7, 11) is 1.71. The summed E-state index contributed by atoms with van der Waals surface area (Å²) in [6.07, 6.45) is 6.19.